The Bertz CT molecular complexity index is 442. The number of rotatable bonds is 6. The summed E-state index contributed by atoms with van der Waals surface area (Å²) in [4.78, 5) is 25.0. The van der Waals surface area contributed by atoms with E-state index in [4.69, 9.17) is 5.11 Å². The Morgan fingerprint density at radius 1 is 1.09 bits per heavy atom. The fourth-order valence-electron chi connectivity index (χ4n) is 4.63. The number of likely N-dealkylation sites (N-methyl/N-ethyl adjacent to an activating group) is 1. The molecule has 0 spiro atoms. The number of nitrogens with one attached hydrogen (secondary N) is 2. The normalized spacial score (nSPS) is 35.7. The number of carbonyl (C=O) groups excluding carboxylic acids is 1. The van der Waals surface area contributed by atoms with Crippen molar-refractivity contribution in [1.29, 1.82) is 0 Å². The Morgan fingerprint density at radius 3 is 2.30 bits per heavy atom. The van der Waals surface area contributed by atoms with Gasteiger partial charge in [0.1, 0.15) is 0 Å². The zero-order valence-electron chi connectivity index (χ0n) is 14.0. The van der Waals surface area contributed by atoms with Crippen LogP contribution in [0.1, 0.15) is 51.9 Å². The first-order valence-corrected chi connectivity index (χ1v) is 9.08. The highest BCUT2D eigenvalue weighted by Gasteiger charge is 2.38. The van der Waals surface area contributed by atoms with Crippen molar-refractivity contribution >= 4 is 12.0 Å². The van der Waals surface area contributed by atoms with Gasteiger partial charge in [-0.05, 0) is 50.5 Å². The van der Waals surface area contributed by atoms with Crippen molar-refractivity contribution in [2.24, 2.45) is 11.8 Å². The molecule has 1 unspecified atom stereocenters. The second-order valence-electron chi connectivity index (χ2n) is 7.52. The lowest BCUT2D eigenvalue weighted by molar-refractivity contribution is -0.139. The van der Waals surface area contributed by atoms with Gasteiger partial charge in [-0.2, -0.15) is 0 Å². The molecule has 2 amide bonds. The van der Waals surface area contributed by atoms with Crippen LogP contribution in [0.3, 0.4) is 0 Å². The summed E-state index contributed by atoms with van der Waals surface area (Å²) < 4.78 is 0. The zero-order chi connectivity index (χ0) is 16.4. The lowest BCUT2D eigenvalue weighted by atomic mass is 9.68. The number of hydrogen-bond donors (Lipinski definition) is 3. The molecule has 6 heteroatoms. The summed E-state index contributed by atoms with van der Waals surface area (Å²) in [6.45, 7) is 2.81. The molecule has 1 atom stereocenters. The van der Waals surface area contributed by atoms with Gasteiger partial charge in [-0.1, -0.05) is 19.8 Å². The minimum absolute atomic E-state index is 0.0349. The molecule has 4 aliphatic carbocycles. The van der Waals surface area contributed by atoms with Gasteiger partial charge in [0.05, 0.1) is 6.54 Å². The van der Waals surface area contributed by atoms with Gasteiger partial charge in [-0.25, -0.2) is 4.79 Å². The van der Waals surface area contributed by atoms with E-state index in [0.717, 1.165) is 31.7 Å². The van der Waals surface area contributed by atoms with E-state index >= 15 is 0 Å². The van der Waals surface area contributed by atoms with Gasteiger partial charge in [0.25, 0.3) is 0 Å². The van der Waals surface area contributed by atoms with E-state index in [1.165, 1.54) is 25.7 Å². The molecule has 0 radical (unpaired) electrons. The highest BCUT2D eigenvalue weighted by molar-refractivity contribution is 5.74. The fraction of sp³-hybridized carbons (Fsp3) is 0.882. The molecular formula is C17H29N3O3. The van der Waals surface area contributed by atoms with Crippen molar-refractivity contribution < 1.29 is 14.7 Å². The van der Waals surface area contributed by atoms with Crippen LogP contribution in [0.4, 0.5) is 4.79 Å². The number of hydrogen-bond acceptors (Lipinski definition) is 3. The van der Waals surface area contributed by atoms with Gasteiger partial charge >= 0.3 is 12.0 Å². The van der Waals surface area contributed by atoms with Crippen LogP contribution in [0.15, 0.2) is 0 Å². The Balaban J connectivity index is 1.38. The van der Waals surface area contributed by atoms with Crippen molar-refractivity contribution in [2.75, 3.05) is 13.1 Å². The van der Waals surface area contributed by atoms with Gasteiger partial charge in [-0.3, -0.25) is 9.69 Å². The number of urea groups is 1. The Hall–Kier alpha value is -1.30. The smallest absolute Gasteiger partial charge is 0.317 e. The Kier molecular flexibility index (Phi) is 5.09. The van der Waals surface area contributed by atoms with Gasteiger partial charge in [-0.15, -0.1) is 0 Å². The molecule has 3 N–H and O–H groups in total. The molecule has 23 heavy (non-hydrogen) atoms. The minimum Gasteiger partial charge on any atom is -0.480 e. The van der Waals surface area contributed by atoms with Crippen LogP contribution in [0.25, 0.3) is 0 Å². The van der Waals surface area contributed by atoms with Crippen molar-refractivity contribution in [3.63, 3.8) is 0 Å². The molecule has 4 fully saturated rings. The van der Waals surface area contributed by atoms with Crippen molar-refractivity contribution in [3.8, 4) is 0 Å². The lowest BCUT2D eigenvalue weighted by Crippen LogP contribution is -2.58. The maximum absolute atomic E-state index is 12.2. The third-order valence-electron chi connectivity index (χ3n) is 6.07. The predicted molar refractivity (Wildman–Crippen MR) is 87.2 cm³/mol. The van der Waals surface area contributed by atoms with Crippen molar-refractivity contribution in [3.05, 3.63) is 0 Å². The van der Waals surface area contributed by atoms with Gasteiger partial charge in [0.2, 0.25) is 0 Å². The zero-order valence-corrected chi connectivity index (χ0v) is 14.0. The molecule has 0 aromatic carbocycles. The number of carboxylic acid groups (broad SMARTS) is 1. The van der Waals surface area contributed by atoms with E-state index in [-0.39, 0.29) is 24.7 Å². The molecule has 4 rings (SSSR count). The summed E-state index contributed by atoms with van der Waals surface area (Å²) in [5.74, 6) is 0.701. The molecular weight excluding hydrogens is 294 g/mol. The van der Waals surface area contributed by atoms with Gasteiger partial charge in [0, 0.05) is 18.1 Å². The van der Waals surface area contributed by atoms with Gasteiger partial charge in [0.15, 0.2) is 0 Å². The molecule has 2 bridgehead atoms. The van der Waals surface area contributed by atoms with Crippen LogP contribution in [0.5, 0.6) is 0 Å². The van der Waals surface area contributed by atoms with E-state index in [9.17, 15) is 9.59 Å². The average Bonchev–Trinajstić information content (AvgIpc) is 2.49. The highest BCUT2D eigenvalue weighted by atomic mass is 16.4. The van der Waals surface area contributed by atoms with Crippen LogP contribution in [-0.4, -0.2) is 53.2 Å². The third-order valence-corrected chi connectivity index (χ3v) is 6.07. The molecule has 0 saturated heterocycles. The van der Waals surface area contributed by atoms with Crippen molar-refractivity contribution in [2.45, 2.75) is 70.0 Å². The molecule has 0 aliphatic heterocycles. The van der Waals surface area contributed by atoms with E-state index in [1.807, 2.05) is 11.8 Å². The highest BCUT2D eigenvalue weighted by Crippen LogP contribution is 2.41. The number of fused-ring (bicyclic) bond motifs is 3. The van der Waals surface area contributed by atoms with Crippen LogP contribution >= 0.6 is 0 Å². The number of carboxylic acids is 1. The molecule has 4 aliphatic rings. The summed E-state index contributed by atoms with van der Waals surface area (Å²) in [7, 11) is 0. The summed E-state index contributed by atoms with van der Waals surface area (Å²) in [6, 6.07) is 0.792. The van der Waals surface area contributed by atoms with E-state index in [2.05, 4.69) is 10.6 Å². The Labute approximate surface area is 138 Å². The van der Waals surface area contributed by atoms with Crippen LogP contribution in [0, 0.1) is 11.8 Å². The average molecular weight is 323 g/mol. The quantitative estimate of drug-likeness (QED) is 0.696. The molecule has 4 saturated carbocycles. The lowest BCUT2D eigenvalue weighted by Gasteiger charge is -2.44. The number of amides is 2. The number of aliphatic carboxylic acids is 1. The van der Waals surface area contributed by atoms with Crippen molar-refractivity contribution in [1.82, 2.24) is 15.5 Å². The first kappa shape index (κ1) is 16.6. The standard InChI is InChI=1S/C17H29N3O3/c1-2-20(10-16(21)22)14-8-13(9-14)18-17(23)19-15-7-11-3-5-12(15)6-4-11/h11-15H,2-10H2,1H3,(H,21,22)(H2,18,19,23). The van der Waals surface area contributed by atoms with Crippen LogP contribution in [0.2, 0.25) is 0 Å². The first-order chi connectivity index (χ1) is 11.0. The maximum Gasteiger partial charge on any atom is 0.317 e. The van der Waals surface area contributed by atoms with Crippen LogP contribution < -0.4 is 10.6 Å². The monoisotopic (exact) mass is 323 g/mol. The summed E-state index contributed by atoms with van der Waals surface area (Å²) in [5.41, 5.74) is 0. The number of carbonyl (C=O) groups is 2. The Morgan fingerprint density at radius 2 is 1.78 bits per heavy atom. The largest absolute Gasteiger partial charge is 0.480 e. The second-order valence-corrected chi connectivity index (χ2v) is 7.52. The van der Waals surface area contributed by atoms with E-state index in [0.29, 0.717) is 12.0 Å². The molecule has 130 valence electrons. The minimum atomic E-state index is -0.784. The molecule has 0 aromatic rings. The van der Waals surface area contributed by atoms with E-state index < -0.39 is 5.97 Å². The predicted octanol–water partition coefficient (Wildman–Crippen LogP) is 1.80. The number of nitrogens with zero attached hydrogens (tertiary/aromatic N) is 1. The van der Waals surface area contributed by atoms with Gasteiger partial charge < -0.3 is 15.7 Å². The third kappa shape index (κ3) is 3.97. The van der Waals surface area contributed by atoms with Crippen LogP contribution in [-0.2, 0) is 4.79 Å². The summed E-state index contributed by atoms with van der Waals surface area (Å²) in [5, 5.41) is 15.2. The molecule has 6 nitrogen and oxygen atoms in total. The first-order valence-electron chi connectivity index (χ1n) is 9.08. The van der Waals surface area contributed by atoms with E-state index in [1.54, 1.807) is 0 Å². The second kappa shape index (κ2) is 7.07. The topological polar surface area (TPSA) is 81.7 Å². The summed E-state index contributed by atoms with van der Waals surface area (Å²) >= 11 is 0. The maximum atomic E-state index is 12.2. The SMILES string of the molecule is CCN(CC(=O)O)C1CC(NC(=O)NC2CC3CCC2CC3)C1. The molecule has 0 aromatic heterocycles. The molecule has 0 heterocycles. The summed E-state index contributed by atoms with van der Waals surface area (Å²) in [6.07, 6.45) is 8.06. The fourth-order valence-corrected chi connectivity index (χ4v) is 4.63.